The molecule has 0 unspecified atom stereocenters. The number of carbonyl (C=O) groups is 1. The third kappa shape index (κ3) is 3.48. The molecule has 0 spiro atoms. The van der Waals surface area contributed by atoms with Gasteiger partial charge in [-0.1, -0.05) is 11.2 Å². The van der Waals surface area contributed by atoms with Crippen LogP contribution in [0.15, 0.2) is 34.9 Å². The summed E-state index contributed by atoms with van der Waals surface area (Å²) >= 11 is 0. The van der Waals surface area contributed by atoms with Crippen molar-refractivity contribution in [1.82, 2.24) is 10.1 Å². The Hall–Kier alpha value is -2.89. The van der Waals surface area contributed by atoms with Crippen molar-refractivity contribution < 1.29 is 14.1 Å². The van der Waals surface area contributed by atoms with Crippen LogP contribution in [0, 0.1) is 20.8 Å². The highest BCUT2D eigenvalue weighted by Crippen LogP contribution is 2.26. The molecule has 6 heteroatoms. The molecular weight excluding hydrogens is 294 g/mol. The smallest absolute Gasteiger partial charge is 0.263 e. The van der Waals surface area contributed by atoms with Crippen molar-refractivity contribution in [2.24, 2.45) is 0 Å². The second-order valence-corrected chi connectivity index (χ2v) is 5.45. The maximum Gasteiger partial charge on any atom is 0.263 e. The Labute approximate surface area is 133 Å². The summed E-state index contributed by atoms with van der Waals surface area (Å²) in [4.78, 5) is 16.4. The number of aromatic nitrogens is 2. The number of aryl methyl sites for hydroxylation is 3. The van der Waals surface area contributed by atoms with E-state index in [1.165, 1.54) is 0 Å². The minimum Gasteiger partial charge on any atom is -0.481 e. The Kier molecular flexibility index (Phi) is 3.97. The molecule has 0 aliphatic rings. The van der Waals surface area contributed by atoms with Gasteiger partial charge in [-0.25, -0.2) is 4.98 Å². The van der Waals surface area contributed by atoms with Gasteiger partial charge in [0, 0.05) is 17.1 Å². The van der Waals surface area contributed by atoms with Crippen molar-refractivity contribution in [1.29, 1.82) is 0 Å². The Balaban J connectivity index is 1.76. The lowest BCUT2D eigenvalue weighted by Crippen LogP contribution is -2.20. The zero-order valence-corrected chi connectivity index (χ0v) is 13.2. The van der Waals surface area contributed by atoms with E-state index in [4.69, 9.17) is 9.26 Å². The van der Waals surface area contributed by atoms with E-state index in [1.54, 1.807) is 13.0 Å². The quantitative estimate of drug-likeness (QED) is 0.801. The van der Waals surface area contributed by atoms with E-state index in [0.29, 0.717) is 17.3 Å². The number of anilines is 1. The highest BCUT2D eigenvalue weighted by Gasteiger charge is 2.10. The zero-order valence-electron chi connectivity index (χ0n) is 13.2. The molecule has 118 valence electrons. The van der Waals surface area contributed by atoms with Crippen LogP contribution in [-0.4, -0.2) is 22.7 Å². The molecule has 23 heavy (non-hydrogen) atoms. The molecule has 0 saturated carbocycles. The van der Waals surface area contributed by atoms with Crippen LogP contribution in [0.1, 0.15) is 17.0 Å². The second-order valence-electron chi connectivity index (χ2n) is 5.45. The third-order valence-electron chi connectivity index (χ3n) is 3.30. The normalized spacial score (nSPS) is 10.7. The van der Waals surface area contributed by atoms with Gasteiger partial charge in [0.15, 0.2) is 12.4 Å². The molecule has 1 amide bonds. The fourth-order valence-corrected chi connectivity index (χ4v) is 2.30. The van der Waals surface area contributed by atoms with E-state index >= 15 is 0 Å². The van der Waals surface area contributed by atoms with E-state index < -0.39 is 0 Å². The second kappa shape index (κ2) is 6.08. The number of fused-ring (bicyclic) bond motifs is 1. The fraction of sp³-hybridized carbons (Fsp3) is 0.235. The summed E-state index contributed by atoms with van der Waals surface area (Å²) in [6.45, 7) is 5.53. The van der Waals surface area contributed by atoms with E-state index in [-0.39, 0.29) is 12.5 Å². The van der Waals surface area contributed by atoms with Gasteiger partial charge in [0.05, 0.1) is 0 Å². The van der Waals surface area contributed by atoms with Gasteiger partial charge in [0.25, 0.3) is 5.91 Å². The predicted molar refractivity (Wildman–Crippen MR) is 86.6 cm³/mol. The predicted octanol–water partition coefficient (Wildman–Crippen LogP) is 3.17. The summed E-state index contributed by atoms with van der Waals surface area (Å²) in [5, 5.41) is 7.31. The number of benzene rings is 1. The number of hydrogen-bond acceptors (Lipinski definition) is 5. The van der Waals surface area contributed by atoms with Crippen LogP contribution in [0.3, 0.4) is 0 Å². The molecule has 2 aromatic heterocycles. The summed E-state index contributed by atoms with van der Waals surface area (Å²) in [7, 11) is 0. The molecule has 0 radical (unpaired) electrons. The maximum atomic E-state index is 11.9. The monoisotopic (exact) mass is 311 g/mol. The number of carbonyl (C=O) groups excluding carboxylic acids is 1. The van der Waals surface area contributed by atoms with Crippen LogP contribution in [0.2, 0.25) is 0 Å². The molecule has 0 aliphatic carbocycles. The molecule has 3 aromatic rings. The van der Waals surface area contributed by atoms with E-state index in [9.17, 15) is 4.79 Å². The van der Waals surface area contributed by atoms with Gasteiger partial charge >= 0.3 is 0 Å². The lowest BCUT2D eigenvalue weighted by Gasteiger charge is -2.10. The van der Waals surface area contributed by atoms with Crippen molar-refractivity contribution in [3.8, 4) is 5.75 Å². The summed E-state index contributed by atoms with van der Waals surface area (Å²) < 4.78 is 10.6. The van der Waals surface area contributed by atoms with Crippen LogP contribution in [0.25, 0.3) is 10.9 Å². The number of rotatable bonds is 4. The molecule has 1 N–H and O–H groups in total. The lowest BCUT2D eigenvalue weighted by molar-refractivity contribution is -0.118. The van der Waals surface area contributed by atoms with Gasteiger partial charge < -0.3 is 14.6 Å². The van der Waals surface area contributed by atoms with Gasteiger partial charge in [-0.3, -0.25) is 4.79 Å². The average Bonchev–Trinajstić information content (AvgIpc) is 2.90. The Bertz CT molecular complexity index is 871. The Morgan fingerprint density at radius 3 is 2.78 bits per heavy atom. The van der Waals surface area contributed by atoms with E-state index in [1.807, 2.05) is 38.1 Å². The van der Waals surface area contributed by atoms with Gasteiger partial charge in [-0.05, 0) is 44.5 Å². The van der Waals surface area contributed by atoms with Crippen LogP contribution in [-0.2, 0) is 4.79 Å². The summed E-state index contributed by atoms with van der Waals surface area (Å²) in [6.07, 6.45) is 0. The Morgan fingerprint density at radius 2 is 2.04 bits per heavy atom. The van der Waals surface area contributed by atoms with Crippen LogP contribution < -0.4 is 10.1 Å². The third-order valence-corrected chi connectivity index (χ3v) is 3.30. The minimum atomic E-state index is -0.305. The van der Waals surface area contributed by atoms with Crippen LogP contribution in [0.5, 0.6) is 5.75 Å². The first-order chi connectivity index (χ1) is 11.0. The molecule has 0 atom stereocenters. The number of hydrogen-bond donors (Lipinski definition) is 1. The van der Waals surface area contributed by atoms with Gasteiger partial charge in [-0.15, -0.1) is 0 Å². The lowest BCUT2D eigenvalue weighted by atomic mass is 10.1. The number of nitrogens with zero attached hydrogens (tertiary/aromatic N) is 2. The van der Waals surface area contributed by atoms with Crippen molar-refractivity contribution in [3.05, 3.63) is 47.3 Å². The molecule has 0 aliphatic heterocycles. The van der Waals surface area contributed by atoms with Crippen LogP contribution in [0.4, 0.5) is 5.82 Å². The number of amides is 1. The van der Waals surface area contributed by atoms with Gasteiger partial charge in [0.1, 0.15) is 17.0 Å². The van der Waals surface area contributed by atoms with E-state index in [0.717, 1.165) is 22.2 Å². The minimum absolute atomic E-state index is 0.125. The summed E-state index contributed by atoms with van der Waals surface area (Å²) in [6, 6.07) is 9.50. The molecular formula is C17H17N3O3. The summed E-state index contributed by atoms with van der Waals surface area (Å²) in [5.41, 5.74) is 2.69. The maximum absolute atomic E-state index is 11.9. The molecule has 0 fully saturated rings. The molecule has 1 aromatic carbocycles. The first kappa shape index (κ1) is 15.0. The average molecular weight is 311 g/mol. The van der Waals surface area contributed by atoms with Gasteiger partial charge in [0.2, 0.25) is 0 Å². The fourth-order valence-electron chi connectivity index (χ4n) is 2.30. The SMILES string of the molecule is Cc1cc(OCC(=O)Nc2cc(C)on2)c2nc(C)ccc2c1. The molecule has 3 rings (SSSR count). The first-order valence-corrected chi connectivity index (χ1v) is 7.25. The molecule has 0 bridgehead atoms. The highest BCUT2D eigenvalue weighted by atomic mass is 16.5. The molecule has 6 nitrogen and oxygen atoms in total. The van der Waals surface area contributed by atoms with Crippen molar-refractivity contribution >= 4 is 22.6 Å². The highest BCUT2D eigenvalue weighted by molar-refractivity contribution is 5.91. The summed E-state index contributed by atoms with van der Waals surface area (Å²) in [5.74, 6) is 1.29. The molecule has 0 saturated heterocycles. The van der Waals surface area contributed by atoms with E-state index in [2.05, 4.69) is 15.5 Å². The van der Waals surface area contributed by atoms with Gasteiger partial charge in [-0.2, -0.15) is 0 Å². The first-order valence-electron chi connectivity index (χ1n) is 7.25. The standard InChI is InChI=1S/C17H17N3O3/c1-10-6-13-5-4-11(2)18-17(13)14(7-10)22-9-16(21)19-15-8-12(3)23-20-15/h4-8H,9H2,1-3H3,(H,19,20,21). The number of ether oxygens (including phenoxy) is 1. The van der Waals surface area contributed by atoms with Crippen molar-refractivity contribution in [2.45, 2.75) is 20.8 Å². The number of nitrogens with one attached hydrogen (secondary N) is 1. The topological polar surface area (TPSA) is 77.2 Å². The zero-order chi connectivity index (χ0) is 16.4. The van der Waals surface area contributed by atoms with Crippen LogP contribution >= 0.6 is 0 Å². The largest absolute Gasteiger partial charge is 0.481 e. The van der Waals surface area contributed by atoms with Crippen molar-refractivity contribution in [2.75, 3.05) is 11.9 Å². The van der Waals surface area contributed by atoms with Crippen molar-refractivity contribution in [3.63, 3.8) is 0 Å². The number of pyridine rings is 1. The molecule has 2 heterocycles. The Morgan fingerprint density at radius 1 is 1.22 bits per heavy atom.